The van der Waals surface area contributed by atoms with Crippen LogP contribution in [0.2, 0.25) is 0 Å². The lowest BCUT2D eigenvalue weighted by molar-refractivity contribution is -0.0109. The molecule has 7 heteroatoms. The van der Waals surface area contributed by atoms with Crippen molar-refractivity contribution < 1.29 is 14.3 Å². The molecule has 1 aromatic heterocycles. The molecule has 27 heavy (non-hydrogen) atoms. The Morgan fingerprint density at radius 2 is 1.96 bits per heavy atom. The van der Waals surface area contributed by atoms with Gasteiger partial charge in [0, 0.05) is 6.61 Å². The summed E-state index contributed by atoms with van der Waals surface area (Å²) in [5.41, 5.74) is 3.58. The predicted molar refractivity (Wildman–Crippen MR) is 104 cm³/mol. The fraction of sp³-hybridized carbons (Fsp3) is 0.450. The topological polar surface area (TPSA) is 85.4 Å². The normalized spacial score (nSPS) is 16.6. The highest BCUT2D eigenvalue weighted by Gasteiger charge is 2.17. The molecule has 1 saturated heterocycles. The summed E-state index contributed by atoms with van der Waals surface area (Å²) >= 11 is 0. The number of urea groups is 1. The summed E-state index contributed by atoms with van der Waals surface area (Å²) in [6.45, 7) is 7.11. The van der Waals surface area contributed by atoms with Gasteiger partial charge in [0.05, 0.1) is 29.9 Å². The Bertz CT molecular complexity index is 787. The number of aromatic nitrogens is 2. The molecule has 3 rings (SSSR count). The van der Waals surface area contributed by atoms with Crippen LogP contribution in [0.1, 0.15) is 36.1 Å². The van der Waals surface area contributed by atoms with Gasteiger partial charge in [-0.15, -0.1) is 0 Å². The van der Waals surface area contributed by atoms with Crippen molar-refractivity contribution in [3.8, 4) is 5.75 Å². The van der Waals surface area contributed by atoms with Crippen LogP contribution in [0.3, 0.4) is 0 Å². The smallest absolute Gasteiger partial charge is 0.324 e. The number of rotatable bonds is 5. The number of hydrogen-bond acceptors (Lipinski definition) is 5. The Labute approximate surface area is 159 Å². The van der Waals surface area contributed by atoms with Crippen LogP contribution in [0, 0.1) is 20.8 Å². The average Bonchev–Trinajstić information content (AvgIpc) is 2.66. The summed E-state index contributed by atoms with van der Waals surface area (Å²) in [5.74, 6) is 1.03. The Morgan fingerprint density at radius 1 is 1.15 bits per heavy atom. The number of hydrogen-bond donors (Lipinski definition) is 2. The Hall–Kier alpha value is -2.67. The van der Waals surface area contributed by atoms with Gasteiger partial charge in [-0.2, -0.15) is 0 Å². The first-order valence-electron chi connectivity index (χ1n) is 9.23. The Morgan fingerprint density at radius 3 is 2.67 bits per heavy atom. The quantitative estimate of drug-likeness (QED) is 0.831. The fourth-order valence-electron chi connectivity index (χ4n) is 2.86. The van der Waals surface area contributed by atoms with Crippen molar-refractivity contribution in [3.05, 3.63) is 41.3 Å². The fourth-order valence-corrected chi connectivity index (χ4v) is 2.86. The highest BCUT2D eigenvalue weighted by atomic mass is 16.5. The molecule has 2 N–H and O–H groups in total. The van der Waals surface area contributed by atoms with E-state index in [0.29, 0.717) is 23.9 Å². The molecule has 2 aromatic rings. The minimum absolute atomic E-state index is 0.102. The monoisotopic (exact) mass is 370 g/mol. The number of aryl methyl sites for hydroxylation is 3. The number of carbonyl (C=O) groups is 1. The van der Waals surface area contributed by atoms with E-state index in [1.807, 2.05) is 32.9 Å². The molecule has 0 spiro atoms. The first-order valence-corrected chi connectivity index (χ1v) is 9.23. The van der Waals surface area contributed by atoms with Crippen LogP contribution in [0.25, 0.3) is 0 Å². The van der Waals surface area contributed by atoms with Crippen molar-refractivity contribution in [1.29, 1.82) is 0 Å². The number of nitrogens with one attached hydrogen (secondary N) is 2. The molecule has 1 aliphatic rings. The minimum atomic E-state index is -0.393. The van der Waals surface area contributed by atoms with E-state index in [0.717, 1.165) is 42.7 Å². The van der Waals surface area contributed by atoms with Gasteiger partial charge in [-0.3, -0.25) is 10.3 Å². The van der Waals surface area contributed by atoms with Crippen molar-refractivity contribution >= 4 is 17.5 Å². The molecule has 0 unspecified atom stereocenters. The van der Waals surface area contributed by atoms with Gasteiger partial charge in [0.15, 0.2) is 5.82 Å². The summed E-state index contributed by atoms with van der Waals surface area (Å²) < 4.78 is 11.7. The van der Waals surface area contributed by atoms with Crippen molar-refractivity contribution in [1.82, 2.24) is 9.97 Å². The number of nitrogens with zero attached hydrogens (tertiary/aromatic N) is 2. The lowest BCUT2D eigenvalue weighted by atomic mass is 10.1. The van der Waals surface area contributed by atoms with Crippen LogP contribution >= 0.6 is 0 Å². The molecule has 1 aliphatic heterocycles. The van der Waals surface area contributed by atoms with E-state index in [1.54, 1.807) is 6.20 Å². The molecule has 1 atom stereocenters. The summed E-state index contributed by atoms with van der Waals surface area (Å²) in [4.78, 5) is 20.6. The lowest BCUT2D eigenvalue weighted by Crippen LogP contribution is -2.26. The standard InChI is InChI=1S/C20H26N4O3/c1-13-8-17(23-20(25)24-19-11-21-15(3)10-22-19)18(9-14(13)2)27-12-16-6-4-5-7-26-16/h8-11,16H,4-7,12H2,1-3H3,(H2,22,23,24,25)/t16-/m0/s1. The van der Waals surface area contributed by atoms with Gasteiger partial charge < -0.3 is 14.8 Å². The summed E-state index contributed by atoms with van der Waals surface area (Å²) in [5, 5.41) is 5.53. The number of amides is 2. The molecule has 144 valence electrons. The molecule has 2 heterocycles. The van der Waals surface area contributed by atoms with Crippen molar-refractivity contribution in [2.24, 2.45) is 0 Å². The molecule has 0 radical (unpaired) electrons. The van der Waals surface area contributed by atoms with Crippen LogP contribution in [-0.2, 0) is 4.74 Å². The predicted octanol–water partition coefficient (Wildman–Crippen LogP) is 3.99. The lowest BCUT2D eigenvalue weighted by Gasteiger charge is -2.23. The van der Waals surface area contributed by atoms with Crippen LogP contribution < -0.4 is 15.4 Å². The zero-order valence-electron chi connectivity index (χ0n) is 16.0. The second-order valence-electron chi connectivity index (χ2n) is 6.85. The molecule has 1 aromatic carbocycles. The van der Waals surface area contributed by atoms with E-state index in [4.69, 9.17) is 9.47 Å². The van der Waals surface area contributed by atoms with E-state index in [9.17, 15) is 4.79 Å². The van der Waals surface area contributed by atoms with Gasteiger partial charge in [-0.1, -0.05) is 0 Å². The van der Waals surface area contributed by atoms with Crippen molar-refractivity contribution in [2.75, 3.05) is 23.8 Å². The molecular formula is C20H26N4O3. The van der Waals surface area contributed by atoms with Crippen molar-refractivity contribution in [2.45, 2.75) is 46.1 Å². The maximum atomic E-state index is 12.4. The highest BCUT2D eigenvalue weighted by molar-refractivity contribution is 6.00. The van der Waals surface area contributed by atoms with Gasteiger partial charge in [-0.25, -0.2) is 9.78 Å². The maximum absolute atomic E-state index is 12.4. The minimum Gasteiger partial charge on any atom is -0.489 e. The Balaban J connectivity index is 1.67. The molecule has 0 saturated carbocycles. The number of carbonyl (C=O) groups excluding carboxylic acids is 1. The second-order valence-corrected chi connectivity index (χ2v) is 6.85. The number of benzene rings is 1. The van der Waals surface area contributed by atoms with Crippen molar-refractivity contribution in [3.63, 3.8) is 0 Å². The molecule has 0 aliphatic carbocycles. The molecule has 1 fully saturated rings. The number of anilines is 2. The van der Waals surface area contributed by atoms with Crippen LogP contribution in [0.15, 0.2) is 24.5 Å². The zero-order valence-corrected chi connectivity index (χ0v) is 16.0. The van der Waals surface area contributed by atoms with E-state index < -0.39 is 6.03 Å². The highest BCUT2D eigenvalue weighted by Crippen LogP contribution is 2.29. The van der Waals surface area contributed by atoms with Gasteiger partial charge in [0.1, 0.15) is 12.4 Å². The van der Waals surface area contributed by atoms with Gasteiger partial charge in [0.2, 0.25) is 0 Å². The van der Waals surface area contributed by atoms with Crippen LogP contribution in [-0.4, -0.2) is 35.3 Å². The van der Waals surface area contributed by atoms with Crippen LogP contribution in [0.4, 0.5) is 16.3 Å². The SMILES string of the molecule is Cc1cnc(NC(=O)Nc2cc(C)c(C)cc2OC[C@@H]2CCCCO2)cn1. The molecular weight excluding hydrogens is 344 g/mol. The summed E-state index contributed by atoms with van der Waals surface area (Å²) in [6, 6.07) is 3.46. The third-order valence-corrected chi connectivity index (χ3v) is 4.57. The summed E-state index contributed by atoms with van der Waals surface area (Å²) in [6.07, 6.45) is 6.49. The van der Waals surface area contributed by atoms with E-state index in [-0.39, 0.29) is 6.10 Å². The Kier molecular flexibility index (Phi) is 6.24. The number of ether oxygens (including phenoxy) is 2. The molecule has 0 bridgehead atoms. The maximum Gasteiger partial charge on any atom is 0.324 e. The van der Waals surface area contributed by atoms with E-state index in [2.05, 4.69) is 20.6 Å². The molecule has 2 amide bonds. The zero-order chi connectivity index (χ0) is 19.2. The summed E-state index contributed by atoms with van der Waals surface area (Å²) in [7, 11) is 0. The largest absolute Gasteiger partial charge is 0.489 e. The third kappa shape index (κ3) is 5.40. The third-order valence-electron chi connectivity index (χ3n) is 4.57. The molecule has 7 nitrogen and oxygen atoms in total. The van der Waals surface area contributed by atoms with E-state index in [1.165, 1.54) is 6.20 Å². The first-order chi connectivity index (χ1) is 13.0. The van der Waals surface area contributed by atoms with Gasteiger partial charge in [0.25, 0.3) is 0 Å². The van der Waals surface area contributed by atoms with Gasteiger partial charge in [-0.05, 0) is 63.3 Å². The second kappa shape index (κ2) is 8.81. The first kappa shape index (κ1) is 19.1. The average molecular weight is 370 g/mol. The van der Waals surface area contributed by atoms with Crippen LogP contribution in [0.5, 0.6) is 5.75 Å². The van der Waals surface area contributed by atoms with Gasteiger partial charge >= 0.3 is 6.03 Å². The van der Waals surface area contributed by atoms with E-state index >= 15 is 0 Å².